The zero-order valence-corrected chi connectivity index (χ0v) is 18.7. The number of hydrogen-bond acceptors (Lipinski definition) is 4. The van der Waals surface area contributed by atoms with Gasteiger partial charge in [0.05, 0.1) is 17.4 Å². The quantitative estimate of drug-likeness (QED) is 0.530. The van der Waals surface area contributed by atoms with Crippen LogP contribution in [0.15, 0.2) is 78.5 Å². The first-order valence-electron chi connectivity index (χ1n) is 10.6. The monoisotopic (exact) mass is 426 g/mol. The molecule has 0 bridgehead atoms. The van der Waals surface area contributed by atoms with E-state index >= 15 is 0 Å². The SMILES string of the molecule is Cc1ccc(N2C(=O)C(Nc3ccc(OC(C)C)cc3)=C(c3ccccc3)C2=O)cc1C. The molecule has 0 aromatic heterocycles. The summed E-state index contributed by atoms with van der Waals surface area (Å²) in [4.78, 5) is 28.2. The van der Waals surface area contributed by atoms with Crippen molar-refractivity contribution in [3.05, 3.63) is 95.2 Å². The van der Waals surface area contributed by atoms with Crippen LogP contribution < -0.4 is 15.0 Å². The number of nitrogens with zero attached hydrogens (tertiary/aromatic N) is 1. The second-order valence-electron chi connectivity index (χ2n) is 8.15. The second kappa shape index (κ2) is 8.71. The molecule has 3 aromatic rings. The Hall–Kier alpha value is -3.86. The smallest absolute Gasteiger partial charge is 0.282 e. The fourth-order valence-corrected chi connectivity index (χ4v) is 3.65. The lowest BCUT2D eigenvalue weighted by Gasteiger charge is -2.17. The minimum Gasteiger partial charge on any atom is -0.491 e. The molecule has 0 spiro atoms. The van der Waals surface area contributed by atoms with E-state index in [2.05, 4.69) is 5.32 Å². The van der Waals surface area contributed by atoms with E-state index in [0.717, 1.165) is 16.9 Å². The van der Waals surface area contributed by atoms with Crippen LogP contribution in [0.2, 0.25) is 0 Å². The molecule has 4 rings (SSSR count). The van der Waals surface area contributed by atoms with Crippen molar-refractivity contribution in [2.75, 3.05) is 10.2 Å². The number of imide groups is 1. The lowest BCUT2D eigenvalue weighted by molar-refractivity contribution is -0.120. The third-order valence-corrected chi connectivity index (χ3v) is 5.39. The number of benzene rings is 3. The van der Waals surface area contributed by atoms with Gasteiger partial charge in [0.2, 0.25) is 0 Å². The van der Waals surface area contributed by atoms with Crippen molar-refractivity contribution in [3.63, 3.8) is 0 Å². The van der Waals surface area contributed by atoms with Crippen molar-refractivity contribution < 1.29 is 14.3 Å². The molecule has 162 valence electrons. The van der Waals surface area contributed by atoms with Crippen molar-refractivity contribution in [1.29, 1.82) is 0 Å². The average molecular weight is 427 g/mol. The standard InChI is InChI=1S/C27H26N2O3/c1-17(2)32-23-14-11-21(12-15-23)28-25-24(20-8-6-5-7-9-20)26(30)29(27(25)31)22-13-10-18(3)19(4)16-22/h5-17,28H,1-4H3. The number of aryl methyl sites for hydroxylation is 2. The average Bonchev–Trinajstić information content (AvgIpc) is 3.01. The highest BCUT2D eigenvalue weighted by molar-refractivity contribution is 6.46. The molecule has 0 unspecified atom stereocenters. The summed E-state index contributed by atoms with van der Waals surface area (Å²) in [6.07, 6.45) is 0.0711. The molecule has 32 heavy (non-hydrogen) atoms. The summed E-state index contributed by atoms with van der Waals surface area (Å²) in [5.74, 6) is 0.0275. The number of hydrogen-bond donors (Lipinski definition) is 1. The van der Waals surface area contributed by atoms with E-state index in [4.69, 9.17) is 4.74 Å². The Bertz CT molecular complexity index is 1200. The predicted octanol–water partition coefficient (Wildman–Crippen LogP) is 5.49. The van der Waals surface area contributed by atoms with Crippen molar-refractivity contribution in [3.8, 4) is 5.75 Å². The number of nitrogens with one attached hydrogen (secondary N) is 1. The number of carbonyl (C=O) groups is 2. The molecule has 2 amide bonds. The molecule has 0 radical (unpaired) electrons. The van der Waals surface area contributed by atoms with Gasteiger partial charge in [-0.2, -0.15) is 0 Å². The van der Waals surface area contributed by atoms with Gasteiger partial charge in [0.15, 0.2) is 0 Å². The molecule has 1 aliphatic heterocycles. The highest BCUT2D eigenvalue weighted by atomic mass is 16.5. The summed E-state index contributed by atoms with van der Waals surface area (Å²) in [5.41, 5.74) is 4.70. The highest BCUT2D eigenvalue weighted by Gasteiger charge is 2.40. The summed E-state index contributed by atoms with van der Waals surface area (Å²) in [6, 6.07) is 22.2. The van der Waals surface area contributed by atoms with Crippen LogP contribution in [0.1, 0.15) is 30.5 Å². The fourth-order valence-electron chi connectivity index (χ4n) is 3.65. The van der Waals surface area contributed by atoms with Gasteiger partial charge in [-0.15, -0.1) is 0 Å². The minimum absolute atomic E-state index is 0.0711. The number of anilines is 2. The van der Waals surface area contributed by atoms with Crippen LogP contribution in [0.3, 0.4) is 0 Å². The van der Waals surface area contributed by atoms with Gasteiger partial charge in [-0.1, -0.05) is 36.4 Å². The van der Waals surface area contributed by atoms with Gasteiger partial charge in [-0.05, 0) is 80.8 Å². The van der Waals surface area contributed by atoms with Gasteiger partial charge in [0.25, 0.3) is 11.8 Å². The molecule has 0 aliphatic carbocycles. The number of ether oxygens (including phenoxy) is 1. The van der Waals surface area contributed by atoms with Crippen molar-refractivity contribution in [2.24, 2.45) is 0 Å². The Morgan fingerprint density at radius 3 is 2.12 bits per heavy atom. The van der Waals surface area contributed by atoms with Crippen molar-refractivity contribution in [2.45, 2.75) is 33.8 Å². The van der Waals surface area contributed by atoms with Gasteiger partial charge in [0, 0.05) is 5.69 Å². The Labute approximate surface area is 188 Å². The molecular weight excluding hydrogens is 400 g/mol. The molecule has 0 fully saturated rings. The third kappa shape index (κ3) is 4.14. The molecule has 5 heteroatoms. The van der Waals surface area contributed by atoms with Gasteiger partial charge < -0.3 is 10.1 Å². The van der Waals surface area contributed by atoms with Gasteiger partial charge >= 0.3 is 0 Å². The summed E-state index contributed by atoms with van der Waals surface area (Å²) < 4.78 is 5.69. The first-order chi connectivity index (χ1) is 15.3. The molecule has 5 nitrogen and oxygen atoms in total. The van der Waals surface area contributed by atoms with E-state index in [-0.39, 0.29) is 23.6 Å². The summed E-state index contributed by atoms with van der Waals surface area (Å²) >= 11 is 0. The molecule has 3 aromatic carbocycles. The summed E-state index contributed by atoms with van der Waals surface area (Å²) in [6.45, 7) is 7.90. The normalized spacial score (nSPS) is 13.8. The molecule has 1 aliphatic rings. The van der Waals surface area contributed by atoms with Crippen molar-refractivity contribution in [1.82, 2.24) is 0 Å². The maximum Gasteiger partial charge on any atom is 0.282 e. The van der Waals surface area contributed by atoms with E-state index < -0.39 is 0 Å². The van der Waals surface area contributed by atoms with E-state index in [1.54, 1.807) is 0 Å². The van der Waals surface area contributed by atoms with Crippen LogP contribution in [-0.2, 0) is 9.59 Å². The van der Waals surface area contributed by atoms with E-state index in [0.29, 0.717) is 22.5 Å². The maximum absolute atomic E-state index is 13.5. The lowest BCUT2D eigenvalue weighted by Crippen LogP contribution is -2.32. The van der Waals surface area contributed by atoms with Gasteiger partial charge in [0.1, 0.15) is 11.4 Å². The Balaban J connectivity index is 1.73. The number of carbonyl (C=O) groups excluding carboxylic acids is 2. The minimum atomic E-state index is -0.375. The Kier molecular flexibility index (Phi) is 5.82. The Morgan fingerprint density at radius 1 is 0.812 bits per heavy atom. The molecule has 0 saturated carbocycles. The summed E-state index contributed by atoms with van der Waals surface area (Å²) in [5, 5.41) is 3.19. The van der Waals surface area contributed by atoms with Gasteiger partial charge in [-0.3, -0.25) is 9.59 Å². The highest BCUT2D eigenvalue weighted by Crippen LogP contribution is 2.34. The third-order valence-electron chi connectivity index (χ3n) is 5.39. The van der Waals surface area contributed by atoms with Crippen LogP contribution in [0.5, 0.6) is 5.75 Å². The second-order valence-corrected chi connectivity index (χ2v) is 8.15. The summed E-state index contributed by atoms with van der Waals surface area (Å²) in [7, 11) is 0. The van der Waals surface area contributed by atoms with Crippen LogP contribution >= 0.6 is 0 Å². The molecule has 1 N–H and O–H groups in total. The first-order valence-corrected chi connectivity index (χ1v) is 10.6. The molecule has 0 atom stereocenters. The number of rotatable bonds is 6. The zero-order valence-electron chi connectivity index (χ0n) is 18.7. The lowest BCUT2D eigenvalue weighted by atomic mass is 10.0. The zero-order chi connectivity index (χ0) is 22.8. The molecular formula is C27H26N2O3. The van der Waals surface area contributed by atoms with Crippen LogP contribution in [0.25, 0.3) is 5.57 Å². The molecule has 0 saturated heterocycles. The molecule has 1 heterocycles. The Morgan fingerprint density at radius 2 is 1.50 bits per heavy atom. The van der Waals surface area contributed by atoms with Gasteiger partial charge in [-0.25, -0.2) is 4.90 Å². The first kappa shape index (κ1) is 21.4. The van der Waals surface area contributed by atoms with Crippen LogP contribution in [-0.4, -0.2) is 17.9 Å². The van der Waals surface area contributed by atoms with E-state index in [1.807, 2.05) is 100 Å². The van der Waals surface area contributed by atoms with Crippen LogP contribution in [0.4, 0.5) is 11.4 Å². The topological polar surface area (TPSA) is 58.6 Å². The van der Waals surface area contributed by atoms with E-state index in [9.17, 15) is 9.59 Å². The van der Waals surface area contributed by atoms with Crippen molar-refractivity contribution >= 4 is 28.8 Å². The predicted molar refractivity (Wildman–Crippen MR) is 128 cm³/mol. The number of amides is 2. The maximum atomic E-state index is 13.5. The van der Waals surface area contributed by atoms with Crippen LogP contribution in [0, 0.1) is 13.8 Å². The largest absolute Gasteiger partial charge is 0.491 e. The van der Waals surface area contributed by atoms with E-state index in [1.165, 1.54) is 4.90 Å². The fraction of sp³-hybridized carbons (Fsp3) is 0.185.